The SMILES string of the molecule is O=C(N[C@@H]1CCc2ccccc2C1)c1cn[nH]c1-c1cccc(F)c1. The summed E-state index contributed by atoms with van der Waals surface area (Å²) in [6.07, 6.45) is 4.20. The molecule has 5 heteroatoms. The van der Waals surface area contributed by atoms with Crippen LogP contribution in [0.3, 0.4) is 0 Å². The highest BCUT2D eigenvalue weighted by Gasteiger charge is 2.22. The third-order valence-corrected chi connectivity index (χ3v) is 4.68. The van der Waals surface area contributed by atoms with E-state index in [4.69, 9.17) is 0 Å². The molecule has 1 aromatic heterocycles. The Hall–Kier alpha value is -2.95. The van der Waals surface area contributed by atoms with Crippen molar-refractivity contribution in [3.63, 3.8) is 0 Å². The van der Waals surface area contributed by atoms with E-state index in [0.717, 1.165) is 19.3 Å². The van der Waals surface area contributed by atoms with Gasteiger partial charge in [-0.2, -0.15) is 5.10 Å². The van der Waals surface area contributed by atoms with Gasteiger partial charge in [-0.25, -0.2) is 4.39 Å². The molecular weight excluding hydrogens is 317 g/mol. The molecule has 0 radical (unpaired) electrons. The number of rotatable bonds is 3. The highest BCUT2D eigenvalue weighted by Crippen LogP contribution is 2.24. The van der Waals surface area contributed by atoms with Crippen LogP contribution >= 0.6 is 0 Å². The number of fused-ring (bicyclic) bond motifs is 1. The van der Waals surface area contributed by atoms with E-state index >= 15 is 0 Å². The van der Waals surface area contributed by atoms with E-state index in [1.54, 1.807) is 12.1 Å². The Balaban J connectivity index is 1.52. The first-order chi connectivity index (χ1) is 12.2. The fourth-order valence-corrected chi connectivity index (χ4v) is 3.41. The summed E-state index contributed by atoms with van der Waals surface area (Å²) in [7, 11) is 0. The van der Waals surface area contributed by atoms with Gasteiger partial charge in [0.15, 0.2) is 0 Å². The minimum Gasteiger partial charge on any atom is -0.349 e. The van der Waals surface area contributed by atoms with Gasteiger partial charge in [0.2, 0.25) is 0 Å². The first kappa shape index (κ1) is 15.6. The molecule has 0 unspecified atom stereocenters. The van der Waals surface area contributed by atoms with Gasteiger partial charge >= 0.3 is 0 Å². The Morgan fingerprint density at radius 1 is 1.16 bits per heavy atom. The number of aromatic amines is 1. The molecule has 4 nitrogen and oxygen atoms in total. The van der Waals surface area contributed by atoms with Crippen LogP contribution in [0.15, 0.2) is 54.7 Å². The molecule has 1 heterocycles. The van der Waals surface area contributed by atoms with Crippen molar-refractivity contribution in [3.05, 3.63) is 77.2 Å². The molecule has 2 aromatic carbocycles. The second kappa shape index (κ2) is 6.51. The number of carbonyl (C=O) groups is 1. The van der Waals surface area contributed by atoms with E-state index in [2.05, 4.69) is 33.7 Å². The van der Waals surface area contributed by atoms with Crippen LogP contribution in [0, 0.1) is 5.82 Å². The Kier molecular flexibility index (Phi) is 4.06. The Morgan fingerprint density at radius 3 is 2.84 bits per heavy atom. The fraction of sp³-hybridized carbons (Fsp3) is 0.200. The molecule has 1 aliphatic carbocycles. The molecule has 1 aliphatic rings. The van der Waals surface area contributed by atoms with Crippen molar-refractivity contribution < 1.29 is 9.18 Å². The van der Waals surface area contributed by atoms with E-state index in [0.29, 0.717) is 16.8 Å². The zero-order valence-electron chi connectivity index (χ0n) is 13.6. The van der Waals surface area contributed by atoms with Gasteiger partial charge < -0.3 is 5.32 Å². The molecule has 4 rings (SSSR count). The van der Waals surface area contributed by atoms with Crippen molar-refractivity contribution in [2.75, 3.05) is 0 Å². The molecule has 3 aromatic rings. The number of H-pyrrole nitrogens is 1. The number of nitrogens with one attached hydrogen (secondary N) is 2. The van der Waals surface area contributed by atoms with Gasteiger partial charge in [-0.05, 0) is 42.5 Å². The smallest absolute Gasteiger partial charge is 0.255 e. The molecule has 0 saturated carbocycles. The maximum Gasteiger partial charge on any atom is 0.255 e. The summed E-state index contributed by atoms with van der Waals surface area (Å²) in [5.41, 5.74) is 4.22. The third kappa shape index (κ3) is 3.18. The summed E-state index contributed by atoms with van der Waals surface area (Å²) in [6.45, 7) is 0. The van der Waals surface area contributed by atoms with Gasteiger partial charge in [0.25, 0.3) is 5.91 Å². The van der Waals surface area contributed by atoms with E-state index in [1.165, 1.54) is 29.5 Å². The number of amides is 1. The van der Waals surface area contributed by atoms with E-state index in [9.17, 15) is 9.18 Å². The minimum atomic E-state index is -0.345. The van der Waals surface area contributed by atoms with Crippen molar-refractivity contribution >= 4 is 5.91 Å². The largest absolute Gasteiger partial charge is 0.349 e. The van der Waals surface area contributed by atoms with Gasteiger partial charge in [0, 0.05) is 11.6 Å². The van der Waals surface area contributed by atoms with Crippen LogP contribution in [0.2, 0.25) is 0 Å². The monoisotopic (exact) mass is 335 g/mol. The van der Waals surface area contributed by atoms with Gasteiger partial charge in [-0.1, -0.05) is 36.4 Å². The molecule has 0 bridgehead atoms. The second-order valence-electron chi connectivity index (χ2n) is 6.35. The standard InChI is InChI=1S/C20H18FN3O/c21-16-7-3-6-15(10-16)19-18(12-22-24-19)20(25)23-17-9-8-13-4-1-2-5-14(13)11-17/h1-7,10,12,17H,8-9,11H2,(H,22,24)(H,23,25)/t17-/m1/s1. The van der Waals surface area contributed by atoms with Crippen molar-refractivity contribution in [2.24, 2.45) is 0 Å². The molecular formula is C20H18FN3O. The molecule has 1 amide bonds. The average molecular weight is 335 g/mol. The van der Waals surface area contributed by atoms with Crippen LogP contribution in [0.4, 0.5) is 4.39 Å². The number of hydrogen-bond acceptors (Lipinski definition) is 2. The molecule has 0 fully saturated rings. The van der Waals surface area contributed by atoms with Crippen molar-refractivity contribution in [2.45, 2.75) is 25.3 Å². The first-order valence-electron chi connectivity index (χ1n) is 8.37. The average Bonchev–Trinajstić information content (AvgIpc) is 3.11. The maximum atomic E-state index is 13.5. The minimum absolute atomic E-state index is 0.0951. The molecule has 25 heavy (non-hydrogen) atoms. The number of benzene rings is 2. The number of nitrogens with zero attached hydrogens (tertiary/aromatic N) is 1. The molecule has 126 valence electrons. The van der Waals surface area contributed by atoms with Crippen LogP contribution < -0.4 is 5.32 Å². The lowest BCUT2D eigenvalue weighted by Gasteiger charge is -2.25. The maximum absolute atomic E-state index is 13.5. The number of halogens is 1. The van der Waals surface area contributed by atoms with E-state index in [-0.39, 0.29) is 17.8 Å². The third-order valence-electron chi connectivity index (χ3n) is 4.68. The van der Waals surface area contributed by atoms with Crippen molar-refractivity contribution in [1.82, 2.24) is 15.5 Å². The number of carbonyl (C=O) groups excluding carboxylic acids is 1. The quantitative estimate of drug-likeness (QED) is 0.770. The first-order valence-corrected chi connectivity index (χ1v) is 8.37. The molecule has 1 atom stereocenters. The lowest BCUT2D eigenvalue weighted by molar-refractivity contribution is 0.0934. The molecule has 2 N–H and O–H groups in total. The highest BCUT2D eigenvalue weighted by atomic mass is 19.1. The van der Waals surface area contributed by atoms with Crippen molar-refractivity contribution in [3.8, 4) is 11.3 Å². The van der Waals surface area contributed by atoms with Crippen LogP contribution in [0.1, 0.15) is 27.9 Å². The van der Waals surface area contributed by atoms with Gasteiger partial charge in [-0.15, -0.1) is 0 Å². The van der Waals surface area contributed by atoms with Gasteiger partial charge in [0.05, 0.1) is 17.5 Å². The van der Waals surface area contributed by atoms with Gasteiger partial charge in [-0.3, -0.25) is 9.89 Å². The van der Waals surface area contributed by atoms with E-state index in [1.807, 2.05) is 6.07 Å². The summed E-state index contributed by atoms with van der Waals surface area (Å²) >= 11 is 0. The second-order valence-corrected chi connectivity index (χ2v) is 6.35. The summed E-state index contributed by atoms with van der Waals surface area (Å²) < 4.78 is 13.5. The topological polar surface area (TPSA) is 57.8 Å². The summed E-state index contributed by atoms with van der Waals surface area (Å²) in [5, 5.41) is 9.87. The van der Waals surface area contributed by atoms with Gasteiger partial charge in [0.1, 0.15) is 5.82 Å². The summed E-state index contributed by atoms with van der Waals surface area (Å²) in [5.74, 6) is -0.528. The number of aromatic nitrogens is 2. The molecule has 0 spiro atoms. The summed E-state index contributed by atoms with van der Waals surface area (Å²) in [4.78, 5) is 12.7. The molecule has 0 saturated heterocycles. The number of aryl methyl sites for hydroxylation is 1. The Bertz CT molecular complexity index is 919. The van der Waals surface area contributed by atoms with Crippen molar-refractivity contribution in [1.29, 1.82) is 0 Å². The molecule has 0 aliphatic heterocycles. The number of hydrogen-bond donors (Lipinski definition) is 2. The lowest BCUT2D eigenvalue weighted by atomic mass is 9.88. The zero-order valence-corrected chi connectivity index (χ0v) is 13.6. The Labute approximate surface area is 145 Å². The van der Waals surface area contributed by atoms with Crippen LogP contribution in [-0.4, -0.2) is 22.1 Å². The lowest BCUT2D eigenvalue weighted by Crippen LogP contribution is -2.38. The summed E-state index contributed by atoms with van der Waals surface area (Å²) in [6, 6.07) is 14.6. The predicted octanol–water partition coefficient (Wildman–Crippen LogP) is 3.50. The van der Waals surface area contributed by atoms with Crippen LogP contribution in [0.5, 0.6) is 0 Å². The Morgan fingerprint density at radius 2 is 2.00 bits per heavy atom. The van der Waals surface area contributed by atoms with Crippen LogP contribution in [0.25, 0.3) is 11.3 Å². The predicted molar refractivity (Wildman–Crippen MR) is 93.7 cm³/mol. The van der Waals surface area contributed by atoms with E-state index < -0.39 is 0 Å². The normalized spacial score (nSPS) is 16.3. The van der Waals surface area contributed by atoms with Crippen LogP contribution in [-0.2, 0) is 12.8 Å². The fourth-order valence-electron chi connectivity index (χ4n) is 3.41. The highest BCUT2D eigenvalue weighted by molar-refractivity contribution is 5.99. The zero-order chi connectivity index (χ0) is 17.2.